The number of hydrogen-bond acceptors (Lipinski definition) is 2. The maximum absolute atomic E-state index is 9.52. The molecule has 0 bridgehead atoms. The summed E-state index contributed by atoms with van der Waals surface area (Å²) >= 11 is 0. The van der Waals surface area contributed by atoms with E-state index in [1.54, 1.807) is 48.5 Å². The Kier molecular flexibility index (Phi) is 5.07. The minimum Gasteiger partial charge on any atom is -0.455 e. The Hall–Kier alpha value is -6.38. The molecule has 0 aliphatic heterocycles. The Morgan fingerprint density at radius 2 is 1.10 bits per heavy atom. The van der Waals surface area contributed by atoms with Crippen molar-refractivity contribution in [1.82, 2.24) is 0 Å². The van der Waals surface area contributed by atoms with Gasteiger partial charge in [0.1, 0.15) is 11.2 Å². The normalized spacial score (nSPS) is 13.7. The topological polar surface area (TPSA) is 16.4 Å². The van der Waals surface area contributed by atoms with Gasteiger partial charge in [0.2, 0.25) is 0 Å². The van der Waals surface area contributed by atoms with Crippen molar-refractivity contribution in [2.75, 3.05) is 4.90 Å². The molecule has 0 fully saturated rings. The van der Waals surface area contributed by atoms with Crippen molar-refractivity contribution in [3.8, 4) is 33.4 Å². The van der Waals surface area contributed by atoms with Crippen LogP contribution < -0.4 is 4.90 Å². The molecule has 226 valence electrons. The number of furan rings is 1. The molecule has 9 rings (SSSR count). The number of nitrogens with zero attached hydrogens (tertiary/aromatic N) is 1. The summed E-state index contributed by atoms with van der Waals surface area (Å²) in [6, 6.07) is 40.0. The second kappa shape index (κ2) is 11.8. The lowest BCUT2D eigenvalue weighted by atomic mass is 9.96. The molecule has 0 unspecified atom stereocenters. The zero-order valence-electron chi connectivity index (χ0n) is 33.6. The molecule has 1 heterocycles. The van der Waals surface area contributed by atoms with Gasteiger partial charge >= 0.3 is 0 Å². The molecule has 48 heavy (non-hydrogen) atoms. The van der Waals surface area contributed by atoms with Crippen LogP contribution in [-0.2, 0) is 0 Å². The molecule has 0 N–H and O–H groups in total. The van der Waals surface area contributed by atoms with Gasteiger partial charge in [0, 0.05) is 33.1 Å². The van der Waals surface area contributed by atoms with Gasteiger partial charge in [-0.2, -0.15) is 0 Å². The lowest BCUT2D eigenvalue weighted by Crippen LogP contribution is -2.11. The fourth-order valence-electron chi connectivity index (χ4n) is 6.40. The van der Waals surface area contributed by atoms with E-state index in [-0.39, 0.29) is 52.7 Å². The van der Waals surface area contributed by atoms with Gasteiger partial charge in [0.15, 0.2) is 0 Å². The van der Waals surface area contributed by atoms with Crippen LogP contribution in [0, 0.1) is 0 Å². The quantitative estimate of drug-likeness (QED) is 0.184. The number of rotatable bonds is 6. The molecule has 2 nitrogen and oxygen atoms in total. The second-order valence-corrected chi connectivity index (χ2v) is 11.5. The van der Waals surface area contributed by atoms with E-state index >= 15 is 0 Å². The van der Waals surface area contributed by atoms with E-state index in [9.17, 15) is 8.22 Å². The highest BCUT2D eigenvalue weighted by Gasteiger charge is 2.21. The minimum atomic E-state index is -0.508. The number of benzene rings is 8. The third-order valence-corrected chi connectivity index (χ3v) is 8.68. The highest BCUT2D eigenvalue weighted by molar-refractivity contribution is 6.19. The zero-order valence-corrected chi connectivity index (χ0v) is 25.6. The van der Waals surface area contributed by atoms with Crippen LogP contribution in [-0.4, -0.2) is 0 Å². The smallest absolute Gasteiger partial charge is 0.143 e. The summed E-state index contributed by atoms with van der Waals surface area (Å²) in [7, 11) is 0. The Bertz CT molecular complexity index is 2970. The van der Waals surface area contributed by atoms with Crippen molar-refractivity contribution in [3.63, 3.8) is 0 Å². The summed E-state index contributed by atoms with van der Waals surface area (Å²) < 4.78 is 80.7. The predicted octanol–water partition coefficient (Wildman–Crippen LogP) is 13.2. The summed E-state index contributed by atoms with van der Waals surface area (Å²) in [6.07, 6.45) is 0. The molecule has 0 aliphatic rings. The molecule has 2 heteroatoms. The number of fused-ring (bicyclic) bond motifs is 5. The van der Waals surface area contributed by atoms with E-state index in [0.717, 1.165) is 27.3 Å². The molecule has 0 radical (unpaired) electrons. The summed E-state index contributed by atoms with van der Waals surface area (Å²) in [4.78, 5) is 1.45. The molecule has 8 aromatic carbocycles. The third-order valence-electron chi connectivity index (χ3n) is 8.68. The third kappa shape index (κ3) is 4.83. The maximum atomic E-state index is 9.52. The van der Waals surface area contributed by atoms with Crippen LogP contribution in [0.2, 0.25) is 0 Å². The molecule has 0 spiro atoms. The van der Waals surface area contributed by atoms with Gasteiger partial charge in [0.25, 0.3) is 0 Å². The Balaban J connectivity index is 1.39. The first-order valence-electron chi connectivity index (χ1n) is 19.7. The molecular weight excluding hydrogens is 583 g/mol. The highest BCUT2D eigenvalue weighted by atomic mass is 16.3. The second-order valence-electron chi connectivity index (χ2n) is 11.5. The van der Waals surface area contributed by atoms with Crippen LogP contribution in [0.15, 0.2) is 192 Å². The van der Waals surface area contributed by atoms with E-state index in [4.69, 9.17) is 7.16 Å². The molecule has 0 amide bonds. The molecule has 0 saturated heterocycles. The lowest BCUT2D eigenvalue weighted by Gasteiger charge is -2.28. The molecule has 9 aromatic rings. The van der Waals surface area contributed by atoms with Crippen molar-refractivity contribution in [3.05, 3.63) is 188 Å². The zero-order chi connectivity index (χ0) is 38.8. The van der Waals surface area contributed by atoms with Gasteiger partial charge in [0.05, 0.1) is 16.7 Å². The number of para-hydroxylation sites is 1. The van der Waals surface area contributed by atoms with Crippen LogP contribution in [0.3, 0.4) is 0 Å². The predicted molar refractivity (Wildman–Crippen MR) is 202 cm³/mol. The lowest BCUT2D eigenvalue weighted by molar-refractivity contribution is 0.673. The van der Waals surface area contributed by atoms with Gasteiger partial charge in [-0.3, -0.25) is 0 Å². The summed E-state index contributed by atoms with van der Waals surface area (Å²) in [5, 5.41) is 3.26. The fourth-order valence-corrected chi connectivity index (χ4v) is 6.40. The minimum absolute atomic E-state index is 0.0284. The average molecular weight is 622 g/mol. The van der Waals surface area contributed by atoms with Gasteiger partial charge in [-0.25, -0.2) is 0 Å². The first-order valence-corrected chi connectivity index (χ1v) is 15.7. The van der Waals surface area contributed by atoms with Crippen molar-refractivity contribution in [2.45, 2.75) is 0 Å². The van der Waals surface area contributed by atoms with Crippen molar-refractivity contribution in [1.29, 1.82) is 0 Å². The van der Waals surface area contributed by atoms with Gasteiger partial charge in [-0.05, 0) is 75.6 Å². The van der Waals surface area contributed by atoms with Gasteiger partial charge < -0.3 is 9.32 Å². The Labute approximate surface area is 291 Å². The molecule has 0 aliphatic carbocycles. The van der Waals surface area contributed by atoms with Crippen LogP contribution in [0.25, 0.3) is 66.1 Å². The van der Waals surface area contributed by atoms with Crippen molar-refractivity contribution >= 4 is 49.8 Å². The van der Waals surface area contributed by atoms with E-state index < -0.39 is 18.1 Å². The first kappa shape index (κ1) is 20.7. The van der Waals surface area contributed by atoms with Crippen molar-refractivity contribution in [2.24, 2.45) is 0 Å². The number of hydrogen-bond donors (Lipinski definition) is 0. The fraction of sp³-hybridized carbons (Fsp3) is 0. The van der Waals surface area contributed by atoms with Crippen LogP contribution in [0.5, 0.6) is 0 Å². The van der Waals surface area contributed by atoms with E-state index in [0.29, 0.717) is 33.4 Å². The monoisotopic (exact) mass is 621 g/mol. The van der Waals surface area contributed by atoms with Gasteiger partial charge in [-0.15, -0.1) is 0 Å². The summed E-state index contributed by atoms with van der Waals surface area (Å²) in [5.41, 5.74) is 4.39. The Morgan fingerprint density at radius 1 is 0.438 bits per heavy atom. The average Bonchev–Trinajstić information content (AvgIpc) is 3.63. The van der Waals surface area contributed by atoms with Gasteiger partial charge in [-0.1, -0.05) is 145 Å². The SMILES string of the molecule is [2H]c1c([2H])c([2H])c(N(c2ccc(-c3ccccc3)cc2)c2c([2H])c([2H])c(-c3ccccc3)c([2H])c2[2H])c(-c2cccc3oc4c5ccccc5ccc4c23)c1[2H]. The first-order chi connectivity index (χ1) is 27.2. The highest BCUT2D eigenvalue weighted by Crippen LogP contribution is 2.46. The Morgan fingerprint density at radius 3 is 1.88 bits per heavy atom. The maximum Gasteiger partial charge on any atom is 0.143 e. The van der Waals surface area contributed by atoms with Crippen LogP contribution in [0.4, 0.5) is 17.1 Å². The van der Waals surface area contributed by atoms with Crippen LogP contribution >= 0.6 is 0 Å². The molecule has 1 aromatic heterocycles. The molecular formula is C46H31NO. The largest absolute Gasteiger partial charge is 0.455 e. The standard InChI is InChI=1S/C46H31NO/c1-3-12-32(13-4-1)34-22-27-37(28-23-34)47(38-29-24-35(25-30-38)33-14-5-2-6-15-33)43-20-10-9-18-40(43)41-19-11-21-44-45(41)42-31-26-36-16-7-8-17-39(36)46(42)48-44/h1-31H/i9D,10D,18D,20D,22D,23D,27D,28D. The van der Waals surface area contributed by atoms with Crippen LogP contribution in [0.1, 0.15) is 11.0 Å². The summed E-state index contributed by atoms with van der Waals surface area (Å²) in [6.45, 7) is 0. The van der Waals surface area contributed by atoms with E-state index in [1.807, 2.05) is 91.0 Å². The summed E-state index contributed by atoms with van der Waals surface area (Å²) in [5.74, 6) is 0. The van der Waals surface area contributed by atoms with E-state index in [1.165, 1.54) is 4.90 Å². The van der Waals surface area contributed by atoms with E-state index in [2.05, 4.69) is 0 Å². The van der Waals surface area contributed by atoms with Crippen molar-refractivity contribution < 1.29 is 15.4 Å². The molecule has 0 atom stereocenters. The number of anilines is 3. The molecule has 0 saturated carbocycles.